The van der Waals surface area contributed by atoms with Crippen LogP contribution in [0.25, 0.3) is 11.0 Å². The van der Waals surface area contributed by atoms with Crippen molar-refractivity contribution < 1.29 is 13.9 Å². The standard InChI is InChI=1S/C27H33ClN2O3/c1-17-14-24-21(15-22(17)28)18(2)25(33-24)26(31)29-16-23(30-10-12-32-13-11-30)19-6-8-20(9-7-19)27(3,4)5/h6-9,14-15,23H,10-13,16H2,1-5H3,(H,29,31). The van der Waals surface area contributed by atoms with Crippen LogP contribution in [-0.4, -0.2) is 43.7 Å². The monoisotopic (exact) mass is 468 g/mol. The lowest BCUT2D eigenvalue weighted by atomic mass is 9.86. The third kappa shape index (κ3) is 5.11. The molecule has 1 aliphatic heterocycles. The van der Waals surface area contributed by atoms with Crippen LogP contribution in [-0.2, 0) is 10.2 Å². The Morgan fingerprint density at radius 3 is 2.42 bits per heavy atom. The number of carbonyl (C=O) groups excluding carboxylic acids is 1. The molecule has 0 saturated carbocycles. The number of carbonyl (C=O) groups is 1. The smallest absolute Gasteiger partial charge is 0.287 e. The fraction of sp³-hybridized carbons (Fsp3) is 0.444. The molecule has 1 amide bonds. The van der Waals surface area contributed by atoms with Gasteiger partial charge in [-0.05, 0) is 48.1 Å². The van der Waals surface area contributed by atoms with Gasteiger partial charge in [0.25, 0.3) is 5.91 Å². The van der Waals surface area contributed by atoms with E-state index < -0.39 is 0 Å². The second-order valence-electron chi connectivity index (χ2n) is 9.90. The van der Waals surface area contributed by atoms with E-state index in [1.54, 1.807) is 0 Å². The molecule has 33 heavy (non-hydrogen) atoms. The molecule has 0 radical (unpaired) electrons. The molecule has 3 aromatic rings. The number of morpholine rings is 1. The van der Waals surface area contributed by atoms with E-state index in [0.717, 1.165) is 29.6 Å². The second kappa shape index (κ2) is 9.49. The zero-order valence-corrected chi connectivity index (χ0v) is 20.9. The third-order valence-electron chi connectivity index (χ3n) is 6.53. The lowest BCUT2D eigenvalue weighted by Crippen LogP contribution is -2.43. The quantitative estimate of drug-likeness (QED) is 0.513. The highest BCUT2D eigenvalue weighted by Crippen LogP contribution is 2.31. The summed E-state index contributed by atoms with van der Waals surface area (Å²) in [5.74, 6) is 0.137. The predicted molar refractivity (Wildman–Crippen MR) is 133 cm³/mol. The molecular formula is C27H33ClN2O3. The van der Waals surface area contributed by atoms with Crippen molar-refractivity contribution in [1.82, 2.24) is 10.2 Å². The molecular weight excluding hydrogens is 436 g/mol. The van der Waals surface area contributed by atoms with Gasteiger partial charge in [-0.1, -0.05) is 56.6 Å². The maximum absolute atomic E-state index is 13.1. The van der Waals surface area contributed by atoms with Gasteiger partial charge in [0.15, 0.2) is 5.76 Å². The molecule has 0 aliphatic carbocycles. The molecule has 1 fully saturated rings. The summed E-state index contributed by atoms with van der Waals surface area (Å²) in [6, 6.07) is 12.6. The summed E-state index contributed by atoms with van der Waals surface area (Å²) in [6.07, 6.45) is 0. The molecule has 1 saturated heterocycles. The molecule has 1 unspecified atom stereocenters. The van der Waals surface area contributed by atoms with Gasteiger partial charge in [-0.25, -0.2) is 0 Å². The summed E-state index contributed by atoms with van der Waals surface area (Å²) in [6.45, 7) is 14.0. The average Bonchev–Trinajstić information content (AvgIpc) is 3.10. The van der Waals surface area contributed by atoms with Crippen molar-refractivity contribution >= 4 is 28.5 Å². The molecule has 1 aliphatic rings. The van der Waals surface area contributed by atoms with Gasteiger partial charge in [0.1, 0.15) is 5.58 Å². The van der Waals surface area contributed by atoms with Crippen molar-refractivity contribution in [2.24, 2.45) is 0 Å². The largest absolute Gasteiger partial charge is 0.451 e. The molecule has 2 aromatic carbocycles. The molecule has 2 heterocycles. The fourth-order valence-corrected chi connectivity index (χ4v) is 4.54. The van der Waals surface area contributed by atoms with E-state index in [1.165, 1.54) is 11.1 Å². The minimum atomic E-state index is -0.206. The number of hydrogen-bond donors (Lipinski definition) is 1. The normalized spacial score (nSPS) is 16.2. The number of nitrogens with zero attached hydrogens (tertiary/aromatic N) is 1. The highest BCUT2D eigenvalue weighted by atomic mass is 35.5. The number of amides is 1. The molecule has 1 aromatic heterocycles. The Balaban J connectivity index is 1.56. The molecule has 6 heteroatoms. The Kier molecular flexibility index (Phi) is 6.85. The molecule has 0 bridgehead atoms. The van der Waals surface area contributed by atoms with Crippen LogP contribution >= 0.6 is 11.6 Å². The van der Waals surface area contributed by atoms with E-state index in [2.05, 4.69) is 55.3 Å². The number of fused-ring (bicyclic) bond motifs is 1. The van der Waals surface area contributed by atoms with Gasteiger partial charge >= 0.3 is 0 Å². The van der Waals surface area contributed by atoms with Gasteiger partial charge in [-0.3, -0.25) is 9.69 Å². The van der Waals surface area contributed by atoms with Crippen LogP contribution in [0.15, 0.2) is 40.8 Å². The van der Waals surface area contributed by atoms with Crippen molar-refractivity contribution in [3.8, 4) is 0 Å². The third-order valence-corrected chi connectivity index (χ3v) is 6.93. The molecule has 1 N–H and O–H groups in total. The number of rotatable bonds is 5. The van der Waals surface area contributed by atoms with Crippen LogP contribution in [0, 0.1) is 13.8 Å². The van der Waals surface area contributed by atoms with Gasteiger partial charge in [0, 0.05) is 35.6 Å². The van der Waals surface area contributed by atoms with E-state index in [-0.39, 0.29) is 17.4 Å². The van der Waals surface area contributed by atoms with Crippen molar-refractivity contribution in [2.75, 3.05) is 32.8 Å². The van der Waals surface area contributed by atoms with E-state index in [1.807, 2.05) is 26.0 Å². The van der Waals surface area contributed by atoms with Crippen LogP contribution < -0.4 is 5.32 Å². The number of aryl methyl sites for hydroxylation is 2. The van der Waals surface area contributed by atoms with Gasteiger partial charge in [-0.2, -0.15) is 0 Å². The van der Waals surface area contributed by atoms with Gasteiger partial charge in [-0.15, -0.1) is 0 Å². The minimum absolute atomic E-state index is 0.0632. The summed E-state index contributed by atoms with van der Waals surface area (Å²) in [5, 5.41) is 4.67. The zero-order valence-electron chi connectivity index (χ0n) is 20.1. The fourth-order valence-electron chi connectivity index (χ4n) is 4.38. The maximum atomic E-state index is 13.1. The molecule has 4 rings (SSSR count). The Morgan fingerprint density at radius 2 is 1.79 bits per heavy atom. The summed E-state index contributed by atoms with van der Waals surface area (Å²) in [4.78, 5) is 15.5. The van der Waals surface area contributed by atoms with Crippen molar-refractivity contribution in [3.63, 3.8) is 0 Å². The number of ether oxygens (including phenoxy) is 1. The molecule has 5 nitrogen and oxygen atoms in total. The number of furan rings is 1. The number of hydrogen-bond acceptors (Lipinski definition) is 4. The van der Waals surface area contributed by atoms with E-state index in [0.29, 0.717) is 36.1 Å². The lowest BCUT2D eigenvalue weighted by molar-refractivity contribution is 0.0161. The van der Waals surface area contributed by atoms with Crippen LogP contribution in [0.4, 0.5) is 0 Å². The Morgan fingerprint density at radius 1 is 1.12 bits per heavy atom. The van der Waals surface area contributed by atoms with E-state index in [4.69, 9.17) is 20.8 Å². The summed E-state index contributed by atoms with van der Waals surface area (Å²) >= 11 is 6.29. The average molecular weight is 469 g/mol. The molecule has 176 valence electrons. The highest BCUT2D eigenvalue weighted by Gasteiger charge is 2.26. The van der Waals surface area contributed by atoms with Crippen molar-refractivity contribution in [2.45, 2.75) is 46.1 Å². The topological polar surface area (TPSA) is 54.7 Å². The van der Waals surface area contributed by atoms with Crippen LogP contribution in [0.1, 0.15) is 59.6 Å². The number of halogens is 1. The highest BCUT2D eigenvalue weighted by molar-refractivity contribution is 6.32. The number of benzene rings is 2. The first-order chi connectivity index (χ1) is 15.6. The van der Waals surface area contributed by atoms with Crippen molar-refractivity contribution in [3.05, 3.63) is 69.4 Å². The second-order valence-corrected chi connectivity index (χ2v) is 10.3. The molecule has 1 atom stereocenters. The van der Waals surface area contributed by atoms with Crippen LogP contribution in [0.3, 0.4) is 0 Å². The van der Waals surface area contributed by atoms with E-state index in [9.17, 15) is 4.79 Å². The maximum Gasteiger partial charge on any atom is 0.287 e. The minimum Gasteiger partial charge on any atom is -0.451 e. The first-order valence-electron chi connectivity index (χ1n) is 11.5. The van der Waals surface area contributed by atoms with Crippen LogP contribution in [0.5, 0.6) is 0 Å². The van der Waals surface area contributed by atoms with Crippen molar-refractivity contribution in [1.29, 1.82) is 0 Å². The van der Waals surface area contributed by atoms with E-state index >= 15 is 0 Å². The predicted octanol–water partition coefficient (Wildman–Crippen LogP) is 5.80. The van der Waals surface area contributed by atoms with Gasteiger partial charge < -0.3 is 14.5 Å². The molecule has 0 spiro atoms. The zero-order chi connectivity index (χ0) is 23.8. The first-order valence-corrected chi connectivity index (χ1v) is 11.9. The summed E-state index contributed by atoms with van der Waals surface area (Å²) in [7, 11) is 0. The summed E-state index contributed by atoms with van der Waals surface area (Å²) < 4.78 is 11.5. The first kappa shape index (κ1) is 23.8. The lowest BCUT2D eigenvalue weighted by Gasteiger charge is -2.35. The van der Waals surface area contributed by atoms with Gasteiger partial charge in [0.05, 0.1) is 19.3 Å². The Bertz CT molecular complexity index is 1140. The SMILES string of the molecule is Cc1cc2oc(C(=O)NCC(c3ccc(C(C)(C)C)cc3)N3CCOCC3)c(C)c2cc1Cl. The van der Waals surface area contributed by atoms with Gasteiger partial charge in [0.2, 0.25) is 0 Å². The van der Waals surface area contributed by atoms with Crippen LogP contribution in [0.2, 0.25) is 5.02 Å². The Labute approximate surface area is 201 Å². The number of nitrogens with one attached hydrogen (secondary N) is 1. The Hall–Kier alpha value is -2.34. The summed E-state index contributed by atoms with van der Waals surface area (Å²) in [5.41, 5.74) is 5.00.